The first-order valence-corrected chi connectivity index (χ1v) is 5.47. The van der Waals surface area contributed by atoms with Gasteiger partial charge in [0, 0.05) is 13.1 Å². The molecule has 0 atom stereocenters. The zero-order chi connectivity index (χ0) is 11.4. The Hall–Kier alpha value is -1.66. The number of carbonyl (C=O) groups is 1. The maximum Gasteiger partial charge on any atom is 0.160 e. The maximum atomic E-state index is 11.4. The second-order valence-electron chi connectivity index (χ2n) is 4.10. The smallest absolute Gasteiger partial charge is 0.160 e. The van der Waals surface area contributed by atoms with Gasteiger partial charge < -0.3 is 0 Å². The highest BCUT2D eigenvalue weighted by molar-refractivity contribution is 5.82. The van der Waals surface area contributed by atoms with Crippen molar-refractivity contribution in [3.8, 4) is 6.07 Å². The van der Waals surface area contributed by atoms with Crippen LogP contribution in [0, 0.1) is 11.3 Å². The molecule has 0 N–H and O–H groups in total. The number of hydrogen-bond donors (Lipinski definition) is 0. The van der Waals surface area contributed by atoms with Crippen molar-refractivity contribution in [2.45, 2.75) is 19.4 Å². The van der Waals surface area contributed by atoms with Crippen LogP contribution < -0.4 is 0 Å². The average molecular weight is 214 g/mol. The van der Waals surface area contributed by atoms with E-state index < -0.39 is 0 Å². The molecular formula is C13H14N2O. The number of hydrogen-bond acceptors (Lipinski definition) is 3. The Morgan fingerprint density at radius 1 is 1.38 bits per heavy atom. The van der Waals surface area contributed by atoms with E-state index in [0.29, 0.717) is 6.54 Å². The lowest BCUT2D eigenvalue weighted by molar-refractivity contribution is -0.119. The number of nitrogens with zero attached hydrogens (tertiary/aromatic N) is 2. The van der Waals surface area contributed by atoms with Crippen molar-refractivity contribution in [1.82, 2.24) is 4.90 Å². The highest BCUT2D eigenvalue weighted by Crippen LogP contribution is 2.18. The molecule has 1 aromatic carbocycles. The summed E-state index contributed by atoms with van der Waals surface area (Å²) >= 11 is 0. The van der Waals surface area contributed by atoms with Gasteiger partial charge in [0.1, 0.15) is 0 Å². The van der Waals surface area contributed by atoms with Crippen molar-refractivity contribution in [2.24, 2.45) is 0 Å². The summed E-state index contributed by atoms with van der Waals surface area (Å²) in [4.78, 5) is 13.5. The van der Waals surface area contributed by atoms with Crippen molar-refractivity contribution in [3.63, 3.8) is 0 Å². The van der Waals surface area contributed by atoms with Gasteiger partial charge in [0.05, 0.1) is 19.0 Å². The molecule has 0 bridgehead atoms. The molecule has 0 amide bonds. The number of rotatable bonds is 3. The highest BCUT2D eigenvalue weighted by atomic mass is 16.1. The van der Waals surface area contributed by atoms with Gasteiger partial charge in [0.15, 0.2) is 5.78 Å². The number of nitriles is 1. The lowest BCUT2D eigenvalue weighted by Gasteiger charge is -2.27. The molecule has 2 rings (SSSR count). The van der Waals surface area contributed by atoms with Crippen molar-refractivity contribution in [1.29, 1.82) is 5.26 Å². The molecule has 0 aromatic heterocycles. The van der Waals surface area contributed by atoms with E-state index >= 15 is 0 Å². The molecule has 0 spiro atoms. The second kappa shape index (κ2) is 4.91. The van der Waals surface area contributed by atoms with E-state index in [-0.39, 0.29) is 12.2 Å². The Morgan fingerprint density at radius 3 is 2.88 bits per heavy atom. The third kappa shape index (κ3) is 2.47. The number of fused-ring (bicyclic) bond motifs is 1. The quantitative estimate of drug-likeness (QED) is 0.766. The zero-order valence-electron chi connectivity index (χ0n) is 9.15. The minimum atomic E-state index is 0.0156. The lowest BCUT2D eigenvalue weighted by Crippen LogP contribution is -2.34. The number of Topliss-reactive ketones (excluding diaryl/α,β-unsaturated/α-hetero) is 1. The van der Waals surface area contributed by atoms with E-state index in [1.54, 1.807) is 0 Å². The van der Waals surface area contributed by atoms with Crippen LogP contribution in [0.3, 0.4) is 0 Å². The predicted molar refractivity (Wildman–Crippen MR) is 60.7 cm³/mol. The van der Waals surface area contributed by atoms with E-state index in [1.807, 2.05) is 12.1 Å². The fraction of sp³-hybridized carbons (Fsp3) is 0.385. The number of benzene rings is 1. The van der Waals surface area contributed by atoms with Crippen LogP contribution in [0.15, 0.2) is 24.3 Å². The minimum absolute atomic E-state index is 0.0156. The highest BCUT2D eigenvalue weighted by Gasteiger charge is 2.17. The average Bonchev–Trinajstić information content (AvgIpc) is 2.29. The normalized spacial score (nSPS) is 15.2. The Balaban J connectivity index is 1.98. The van der Waals surface area contributed by atoms with Gasteiger partial charge in [-0.25, -0.2) is 0 Å². The van der Waals surface area contributed by atoms with Crippen molar-refractivity contribution in [2.75, 3.05) is 13.1 Å². The topological polar surface area (TPSA) is 44.1 Å². The number of carbonyl (C=O) groups excluding carboxylic acids is 1. The van der Waals surface area contributed by atoms with Gasteiger partial charge in [-0.15, -0.1) is 0 Å². The van der Waals surface area contributed by atoms with E-state index in [0.717, 1.165) is 19.5 Å². The van der Waals surface area contributed by atoms with Gasteiger partial charge in [0.25, 0.3) is 0 Å². The molecule has 0 aliphatic carbocycles. The summed E-state index contributed by atoms with van der Waals surface area (Å²) in [5.74, 6) is 0.0156. The molecule has 0 unspecified atom stereocenters. The first-order valence-electron chi connectivity index (χ1n) is 5.47. The summed E-state index contributed by atoms with van der Waals surface area (Å²) in [5.41, 5.74) is 2.69. The van der Waals surface area contributed by atoms with E-state index in [4.69, 9.17) is 5.26 Å². The van der Waals surface area contributed by atoms with Crippen molar-refractivity contribution >= 4 is 5.78 Å². The SMILES string of the molecule is N#CCC(=O)CN1CCc2ccccc2C1. The first kappa shape index (κ1) is 10.8. The summed E-state index contributed by atoms with van der Waals surface area (Å²) in [6.45, 7) is 2.14. The van der Waals surface area contributed by atoms with Crippen LogP contribution in [0.5, 0.6) is 0 Å². The third-order valence-corrected chi connectivity index (χ3v) is 2.89. The van der Waals surface area contributed by atoms with Crippen LogP contribution in [0.4, 0.5) is 0 Å². The van der Waals surface area contributed by atoms with Crippen LogP contribution in [0.25, 0.3) is 0 Å². The van der Waals surface area contributed by atoms with E-state index in [1.165, 1.54) is 11.1 Å². The molecule has 0 saturated carbocycles. The summed E-state index contributed by atoms with van der Waals surface area (Å²) < 4.78 is 0. The molecule has 1 aliphatic rings. The van der Waals surface area contributed by atoms with Crippen LogP contribution in [-0.2, 0) is 17.8 Å². The Bertz CT molecular complexity index is 434. The first-order chi connectivity index (χ1) is 7.79. The third-order valence-electron chi connectivity index (χ3n) is 2.89. The van der Waals surface area contributed by atoms with Crippen LogP contribution in [0.2, 0.25) is 0 Å². The largest absolute Gasteiger partial charge is 0.297 e. The van der Waals surface area contributed by atoms with Crippen molar-refractivity contribution in [3.05, 3.63) is 35.4 Å². The van der Waals surface area contributed by atoms with Gasteiger partial charge in [-0.2, -0.15) is 5.26 Å². The van der Waals surface area contributed by atoms with Crippen LogP contribution in [-0.4, -0.2) is 23.8 Å². The van der Waals surface area contributed by atoms with Gasteiger partial charge >= 0.3 is 0 Å². The lowest BCUT2D eigenvalue weighted by atomic mass is 10.00. The molecule has 3 nitrogen and oxygen atoms in total. The van der Waals surface area contributed by atoms with E-state index in [2.05, 4.69) is 23.1 Å². The van der Waals surface area contributed by atoms with Gasteiger partial charge in [-0.3, -0.25) is 9.69 Å². The molecule has 0 radical (unpaired) electrons. The molecule has 3 heteroatoms. The molecule has 0 fully saturated rings. The van der Waals surface area contributed by atoms with Crippen LogP contribution in [0.1, 0.15) is 17.5 Å². The second-order valence-corrected chi connectivity index (χ2v) is 4.10. The Morgan fingerprint density at radius 2 is 2.12 bits per heavy atom. The van der Waals surface area contributed by atoms with Gasteiger partial charge in [-0.1, -0.05) is 24.3 Å². The fourth-order valence-corrected chi connectivity index (χ4v) is 2.08. The summed E-state index contributed by atoms with van der Waals surface area (Å²) in [5, 5.41) is 8.43. The predicted octanol–water partition coefficient (Wildman–Crippen LogP) is 1.53. The Kier molecular flexibility index (Phi) is 3.33. The molecule has 16 heavy (non-hydrogen) atoms. The maximum absolute atomic E-state index is 11.4. The summed E-state index contributed by atoms with van der Waals surface area (Å²) in [6, 6.07) is 10.2. The summed E-state index contributed by atoms with van der Waals surface area (Å²) in [6.07, 6.45) is 1.02. The standard InChI is InChI=1S/C13H14N2O/c14-7-5-13(16)10-15-8-6-11-3-1-2-4-12(11)9-15/h1-4H,5-6,8-10H2. The van der Waals surface area contributed by atoms with Gasteiger partial charge in [0.2, 0.25) is 0 Å². The molecule has 82 valence electrons. The monoisotopic (exact) mass is 214 g/mol. The van der Waals surface area contributed by atoms with E-state index in [9.17, 15) is 4.79 Å². The zero-order valence-corrected chi connectivity index (χ0v) is 9.15. The minimum Gasteiger partial charge on any atom is -0.297 e. The molecule has 1 aromatic rings. The number of ketones is 1. The van der Waals surface area contributed by atoms with Crippen molar-refractivity contribution < 1.29 is 4.79 Å². The molecule has 1 heterocycles. The molecular weight excluding hydrogens is 200 g/mol. The molecule has 0 saturated heterocycles. The summed E-state index contributed by atoms with van der Waals surface area (Å²) in [7, 11) is 0. The van der Waals surface area contributed by atoms with Gasteiger partial charge in [-0.05, 0) is 17.5 Å². The molecule has 1 aliphatic heterocycles. The fourth-order valence-electron chi connectivity index (χ4n) is 2.08. The van der Waals surface area contributed by atoms with Crippen LogP contribution >= 0.6 is 0 Å². The Labute approximate surface area is 95.3 Å².